The van der Waals surface area contributed by atoms with Crippen LogP contribution in [-0.4, -0.2) is 36.3 Å². The first-order valence-corrected chi connectivity index (χ1v) is 9.30. The van der Waals surface area contributed by atoms with Gasteiger partial charge in [0, 0.05) is 30.9 Å². The molecule has 1 aromatic carbocycles. The Hall–Kier alpha value is -1.36. The van der Waals surface area contributed by atoms with Crippen molar-refractivity contribution in [1.29, 1.82) is 0 Å². The minimum atomic E-state index is 0.0470. The molecule has 0 unspecified atom stereocenters. The lowest BCUT2D eigenvalue weighted by Gasteiger charge is -2.38. The smallest absolute Gasteiger partial charge is 0.125 e. The molecule has 3 heterocycles. The van der Waals surface area contributed by atoms with Gasteiger partial charge in [-0.3, -0.25) is 4.90 Å². The van der Waals surface area contributed by atoms with Gasteiger partial charge in [0.05, 0.1) is 12.2 Å². The molecule has 2 fully saturated rings. The summed E-state index contributed by atoms with van der Waals surface area (Å²) in [5.41, 5.74) is 0.0470. The summed E-state index contributed by atoms with van der Waals surface area (Å²) < 4.78 is 12.3. The molecule has 0 N–H and O–H groups in total. The molecule has 0 amide bonds. The molecule has 0 radical (unpaired) electrons. The second-order valence-electron chi connectivity index (χ2n) is 6.61. The monoisotopic (exact) mass is 329 g/mol. The van der Waals surface area contributed by atoms with Gasteiger partial charge in [-0.15, -0.1) is 11.3 Å². The van der Waals surface area contributed by atoms with E-state index in [1.165, 1.54) is 4.88 Å². The van der Waals surface area contributed by atoms with Crippen LogP contribution in [-0.2, 0) is 11.3 Å². The predicted octanol–water partition coefficient (Wildman–Crippen LogP) is 3.95. The maximum atomic E-state index is 6.20. The zero-order valence-corrected chi connectivity index (χ0v) is 14.1. The van der Waals surface area contributed by atoms with Crippen molar-refractivity contribution in [2.45, 2.75) is 37.5 Å². The molecule has 4 heteroatoms. The number of hydrogen-bond acceptors (Lipinski definition) is 4. The van der Waals surface area contributed by atoms with E-state index in [4.69, 9.17) is 9.47 Å². The van der Waals surface area contributed by atoms with E-state index in [2.05, 4.69) is 22.4 Å². The fourth-order valence-electron chi connectivity index (χ4n) is 3.66. The summed E-state index contributed by atoms with van der Waals surface area (Å²) in [6, 6.07) is 14.5. The van der Waals surface area contributed by atoms with Gasteiger partial charge in [0.25, 0.3) is 0 Å². The van der Waals surface area contributed by atoms with Crippen LogP contribution >= 0.6 is 11.3 Å². The van der Waals surface area contributed by atoms with Crippen LogP contribution in [0.5, 0.6) is 5.75 Å². The van der Waals surface area contributed by atoms with Crippen molar-refractivity contribution in [3.05, 3.63) is 52.7 Å². The van der Waals surface area contributed by atoms with Crippen molar-refractivity contribution in [3.63, 3.8) is 0 Å². The third kappa shape index (κ3) is 3.60. The van der Waals surface area contributed by atoms with Crippen molar-refractivity contribution in [2.75, 3.05) is 19.7 Å². The zero-order chi connectivity index (χ0) is 15.5. The molecule has 2 saturated heterocycles. The lowest BCUT2D eigenvalue weighted by molar-refractivity contribution is -0.0453. The Bertz CT molecular complexity index is 606. The minimum absolute atomic E-state index is 0.0470. The van der Waals surface area contributed by atoms with Gasteiger partial charge in [-0.1, -0.05) is 24.3 Å². The Morgan fingerprint density at radius 2 is 1.96 bits per heavy atom. The molecule has 3 nitrogen and oxygen atoms in total. The van der Waals surface area contributed by atoms with Crippen LogP contribution < -0.4 is 4.74 Å². The van der Waals surface area contributed by atoms with Gasteiger partial charge in [-0.05, 0) is 36.4 Å². The van der Waals surface area contributed by atoms with Gasteiger partial charge in [0.1, 0.15) is 11.9 Å². The van der Waals surface area contributed by atoms with E-state index >= 15 is 0 Å². The number of ether oxygens (including phenoxy) is 2. The van der Waals surface area contributed by atoms with E-state index in [-0.39, 0.29) is 11.7 Å². The number of nitrogens with zero attached hydrogens (tertiary/aromatic N) is 1. The van der Waals surface area contributed by atoms with E-state index in [1.807, 2.05) is 41.7 Å². The van der Waals surface area contributed by atoms with E-state index < -0.39 is 0 Å². The highest BCUT2D eigenvalue weighted by Crippen LogP contribution is 2.37. The third-order valence-electron chi connectivity index (χ3n) is 4.95. The molecule has 0 saturated carbocycles. The summed E-state index contributed by atoms with van der Waals surface area (Å²) in [6.45, 7) is 4.05. The van der Waals surface area contributed by atoms with Crippen LogP contribution in [0.15, 0.2) is 47.8 Å². The summed E-state index contributed by atoms with van der Waals surface area (Å²) in [4.78, 5) is 4.00. The topological polar surface area (TPSA) is 21.7 Å². The van der Waals surface area contributed by atoms with Gasteiger partial charge in [-0.25, -0.2) is 0 Å². The molecule has 1 spiro atoms. The zero-order valence-electron chi connectivity index (χ0n) is 13.3. The summed E-state index contributed by atoms with van der Waals surface area (Å²) in [7, 11) is 0. The highest BCUT2D eigenvalue weighted by Gasteiger charge is 2.43. The van der Waals surface area contributed by atoms with Crippen LogP contribution in [0.4, 0.5) is 0 Å². The molecule has 4 rings (SSSR count). The first-order valence-electron chi connectivity index (χ1n) is 8.42. The number of para-hydroxylation sites is 1. The quantitative estimate of drug-likeness (QED) is 0.848. The van der Waals surface area contributed by atoms with E-state index in [0.29, 0.717) is 0 Å². The minimum Gasteiger partial charge on any atom is -0.488 e. The molecule has 2 aliphatic rings. The number of thiophene rings is 1. The molecule has 2 aromatic rings. The van der Waals surface area contributed by atoms with Crippen molar-refractivity contribution < 1.29 is 9.47 Å². The summed E-state index contributed by atoms with van der Waals surface area (Å²) >= 11 is 1.85. The van der Waals surface area contributed by atoms with Crippen LogP contribution in [0, 0.1) is 0 Å². The average molecular weight is 329 g/mol. The normalized spacial score (nSPS) is 24.1. The Labute approximate surface area is 141 Å². The molecule has 0 aliphatic carbocycles. The van der Waals surface area contributed by atoms with E-state index in [1.54, 1.807) is 0 Å². The number of piperidine rings is 1. The Morgan fingerprint density at radius 1 is 1.13 bits per heavy atom. The largest absolute Gasteiger partial charge is 0.488 e. The van der Waals surface area contributed by atoms with Crippen molar-refractivity contribution in [2.24, 2.45) is 0 Å². The number of hydrogen-bond donors (Lipinski definition) is 0. The highest BCUT2D eigenvalue weighted by atomic mass is 32.1. The molecule has 1 atom stereocenters. The Morgan fingerprint density at radius 3 is 2.70 bits per heavy atom. The number of likely N-dealkylation sites (tertiary alicyclic amines) is 1. The molecule has 2 aliphatic heterocycles. The summed E-state index contributed by atoms with van der Waals surface area (Å²) in [5, 5.41) is 2.16. The maximum absolute atomic E-state index is 6.20. The summed E-state index contributed by atoms with van der Waals surface area (Å²) in [5.74, 6) is 0.952. The van der Waals surface area contributed by atoms with Crippen molar-refractivity contribution >= 4 is 11.3 Å². The van der Waals surface area contributed by atoms with Crippen LogP contribution in [0.1, 0.15) is 24.1 Å². The standard InChI is InChI=1S/C19H23NO2S/c1-2-5-16(6-3-1)22-17-13-19(21-15-17)8-10-20(11-9-19)14-18-7-4-12-23-18/h1-7,12,17H,8-11,13-15H2/t17-/m1/s1. The maximum Gasteiger partial charge on any atom is 0.125 e. The summed E-state index contributed by atoms with van der Waals surface area (Å²) in [6.07, 6.45) is 3.45. The highest BCUT2D eigenvalue weighted by molar-refractivity contribution is 7.09. The second kappa shape index (κ2) is 6.63. The fourth-order valence-corrected chi connectivity index (χ4v) is 4.41. The molecule has 23 heavy (non-hydrogen) atoms. The molecule has 1 aromatic heterocycles. The number of rotatable bonds is 4. The first kappa shape index (κ1) is 15.2. The molecular formula is C19H23NO2S. The Kier molecular flexibility index (Phi) is 4.38. The molecular weight excluding hydrogens is 306 g/mol. The third-order valence-corrected chi connectivity index (χ3v) is 5.81. The van der Waals surface area contributed by atoms with Gasteiger partial charge in [0.15, 0.2) is 0 Å². The van der Waals surface area contributed by atoms with E-state index in [9.17, 15) is 0 Å². The predicted molar refractivity (Wildman–Crippen MR) is 93.0 cm³/mol. The van der Waals surface area contributed by atoms with Crippen LogP contribution in [0.25, 0.3) is 0 Å². The van der Waals surface area contributed by atoms with Gasteiger partial charge >= 0.3 is 0 Å². The van der Waals surface area contributed by atoms with E-state index in [0.717, 1.165) is 51.3 Å². The fraction of sp³-hybridized carbons (Fsp3) is 0.474. The van der Waals surface area contributed by atoms with Crippen molar-refractivity contribution in [1.82, 2.24) is 4.90 Å². The number of benzene rings is 1. The van der Waals surface area contributed by atoms with Gasteiger partial charge < -0.3 is 9.47 Å². The van der Waals surface area contributed by atoms with Crippen LogP contribution in [0.2, 0.25) is 0 Å². The SMILES string of the molecule is c1ccc(O[C@H]2COC3(CCN(Cc4cccs4)CC3)C2)cc1. The Balaban J connectivity index is 1.29. The lowest BCUT2D eigenvalue weighted by atomic mass is 9.88. The van der Waals surface area contributed by atoms with Crippen molar-refractivity contribution in [3.8, 4) is 5.75 Å². The van der Waals surface area contributed by atoms with Gasteiger partial charge in [0.2, 0.25) is 0 Å². The first-order chi connectivity index (χ1) is 11.3. The average Bonchev–Trinajstić information content (AvgIpc) is 3.22. The second-order valence-corrected chi connectivity index (χ2v) is 7.64. The van der Waals surface area contributed by atoms with Crippen LogP contribution in [0.3, 0.4) is 0 Å². The molecule has 0 bridgehead atoms. The lowest BCUT2D eigenvalue weighted by Crippen LogP contribution is -2.43. The van der Waals surface area contributed by atoms with Gasteiger partial charge in [-0.2, -0.15) is 0 Å². The molecule has 122 valence electrons.